The van der Waals surface area contributed by atoms with Crippen molar-refractivity contribution in [2.75, 3.05) is 0 Å². The average Bonchev–Trinajstić information content (AvgIpc) is 2.76. The second-order valence-corrected chi connectivity index (χ2v) is 4.09. The third kappa shape index (κ3) is 1.66. The van der Waals surface area contributed by atoms with Crippen molar-refractivity contribution in [2.45, 2.75) is 6.92 Å². The van der Waals surface area contributed by atoms with Crippen LogP contribution in [0, 0.1) is 6.92 Å². The summed E-state index contributed by atoms with van der Waals surface area (Å²) in [5.41, 5.74) is 1.90. The number of nitrogens with zero attached hydrogens (tertiary/aromatic N) is 4. The molecule has 17 heavy (non-hydrogen) atoms. The Morgan fingerprint density at radius 1 is 1.24 bits per heavy atom. The molecule has 0 atom stereocenters. The Hall–Kier alpha value is -1.94. The monoisotopic (exact) mass is 244 g/mol. The van der Waals surface area contributed by atoms with Crippen LogP contribution in [0.1, 0.15) is 5.82 Å². The number of hydrogen-bond donors (Lipinski definition) is 0. The maximum absolute atomic E-state index is 6.12. The highest BCUT2D eigenvalue weighted by Crippen LogP contribution is 2.22. The summed E-state index contributed by atoms with van der Waals surface area (Å²) in [6.45, 7) is 1.84. The van der Waals surface area contributed by atoms with E-state index in [-0.39, 0.29) is 0 Å². The van der Waals surface area contributed by atoms with Crippen LogP contribution in [0.25, 0.3) is 16.9 Å². The lowest BCUT2D eigenvalue weighted by Gasteiger charge is -2.06. The highest BCUT2D eigenvalue weighted by Gasteiger charge is 2.09. The zero-order valence-electron chi connectivity index (χ0n) is 9.13. The molecule has 0 radical (unpaired) electrons. The summed E-state index contributed by atoms with van der Waals surface area (Å²) in [5, 5.41) is 0.525. The number of halogens is 1. The molecule has 5 heteroatoms. The van der Waals surface area contributed by atoms with Crippen molar-refractivity contribution in [3.05, 3.63) is 47.6 Å². The summed E-state index contributed by atoms with van der Waals surface area (Å²) in [5.74, 6) is 1.37. The number of fused-ring (bicyclic) bond motifs is 1. The Morgan fingerprint density at radius 2 is 2.12 bits per heavy atom. The molecule has 0 aliphatic carbocycles. The summed E-state index contributed by atoms with van der Waals surface area (Å²) in [4.78, 5) is 12.7. The van der Waals surface area contributed by atoms with Gasteiger partial charge < -0.3 is 0 Å². The van der Waals surface area contributed by atoms with Gasteiger partial charge >= 0.3 is 0 Å². The molecule has 0 fully saturated rings. The Balaban J connectivity index is 2.31. The minimum absolute atomic E-state index is 0.525. The highest BCUT2D eigenvalue weighted by molar-refractivity contribution is 6.32. The first-order valence-electron chi connectivity index (χ1n) is 5.17. The lowest BCUT2D eigenvalue weighted by molar-refractivity contribution is 0.964. The maximum atomic E-state index is 6.12. The summed E-state index contributed by atoms with van der Waals surface area (Å²) < 4.78 is 1.92. The summed E-state index contributed by atoms with van der Waals surface area (Å²) in [7, 11) is 0. The Morgan fingerprint density at radius 3 is 3.00 bits per heavy atom. The third-order valence-electron chi connectivity index (χ3n) is 2.53. The van der Waals surface area contributed by atoms with Gasteiger partial charge in [-0.2, -0.15) is 0 Å². The molecule has 3 heterocycles. The Kier molecular flexibility index (Phi) is 2.30. The van der Waals surface area contributed by atoms with E-state index in [1.54, 1.807) is 12.4 Å². The van der Waals surface area contributed by atoms with E-state index in [4.69, 9.17) is 11.6 Å². The largest absolute Gasteiger partial charge is 0.298 e. The molecule has 0 aromatic carbocycles. The zero-order valence-corrected chi connectivity index (χ0v) is 9.89. The maximum Gasteiger partial charge on any atom is 0.159 e. The van der Waals surface area contributed by atoms with E-state index >= 15 is 0 Å². The first-order valence-corrected chi connectivity index (χ1v) is 5.55. The fourth-order valence-electron chi connectivity index (χ4n) is 1.76. The van der Waals surface area contributed by atoms with Gasteiger partial charge in [0.1, 0.15) is 10.8 Å². The number of aryl methyl sites for hydroxylation is 1. The fourth-order valence-corrected chi connectivity index (χ4v) is 1.95. The van der Waals surface area contributed by atoms with E-state index in [1.807, 2.05) is 35.9 Å². The van der Waals surface area contributed by atoms with Gasteiger partial charge in [0.05, 0.1) is 17.2 Å². The van der Waals surface area contributed by atoms with Gasteiger partial charge in [0.2, 0.25) is 0 Å². The molecule has 0 bridgehead atoms. The summed E-state index contributed by atoms with van der Waals surface area (Å²) >= 11 is 6.12. The second-order valence-electron chi connectivity index (χ2n) is 3.68. The average molecular weight is 245 g/mol. The molecule has 84 valence electrons. The van der Waals surface area contributed by atoms with Crippen molar-refractivity contribution in [1.82, 2.24) is 19.5 Å². The molecule has 0 saturated heterocycles. The SMILES string of the molecule is Cc1ncc(Cl)c(-n2ccc3ncccc32)n1. The quantitative estimate of drug-likeness (QED) is 0.661. The molecule has 3 aromatic heterocycles. The first kappa shape index (κ1) is 10.2. The topological polar surface area (TPSA) is 43.6 Å². The molecule has 0 aliphatic heterocycles. The summed E-state index contributed by atoms with van der Waals surface area (Å²) in [6, 6.07) is 5.81. The molecule has 0 N–H and O–H groups in total. The minimum Gasteiger partial charge on any atom is -0.298 e. The van der Waals surface area contributed by atoms with Gasteiger partial charge in [0, 0.05) is 12.4 Å². The summed E-state index contributed by atoms with van der Waals surface area (Å²) in [6.07, 6.45) is 5.28. The molecule has 3 rings (SSSR count). The van der Waals surface area contributed by atoms with Crippen LogP contribution < -0.4 is 0 Å². The molecule has 0 saturated carbocycles. The molecule has 0 amide bonds. The van der Waals surface area contributed by atoms with E-state index in [9.17, 15) is 0 Å². The van der Waals surface area contributed by atoms with Crippen molar-refractivity contribution in [2.24, 2.45) is 0 Å². The van der Waals surface area contributed by atoms with E-state index in [0.717, 1.165) is 11.0 Å². The van der Waals surface area contributed by atoms with Gasteiger partial charge in [0.25, 0.3) is 0 Å². The lowest BCUT2D eigenvalue weighted by Crippen LogP contribution is -2.00. The van der Waals surface area contributed by atoms with Gasteiger partial charge in [-0.3, -0.25) is 9.55 Å². The van der Waals surface area contributed by atoms with Crippen LogP contribution in [0.15, 0.2) is 36.8 Å². The van der Waals surface area contributed by atoms with Gasteiger partial charge in [-0.1, -0.05) is 11.6 Å². The third-order valence-corrected chi connectivity index (χ3v) is 2.80. The highest BCUT2D eigenvalue weighted by atomic mass is 35.5. The van der Waals surface area contributed by atoms with Gasteiger partial charge in [-0.05, 0) is 25.1 Å². The number of rotatable bonds is 1. The molecule has 0 aliphatic rings. The van der Waals surface area contributed by atoms with Crippen molar-refractivity contribution in [1.29, 1.82) is 0 Å². The van der Waals surface area contributed by atoms with Gasteiger partial charge in [0.15, 0.2) is 5.82 Å². The van der Waals surface area contributed by atoms with Crippen LogP contribution in [0.4, 0.5) is 0 Å². The van der Waals surface area contributed by atoms with Crippen molar-refractivity contribution in [3.63, 3.8) is 0 Å². The molecular weight excluding hydrogens is 236 g/mol. The molecule has 0 unspecified atom stereocenters. The van der Waals surface area contributed by atoms with Crippen molar-refractivity contribution >= 4 is 22.6 Å². The zero-order chi connectivity index (χ0) is 11.8. The molecule has 3 aromatic rings. The van der Waals surface area contributed by atoms with Gasteiger partial charge in [-0.25, -0.2) is 9.97 Å². The van der Waals surface area contributed by atoms with E-state index < -0.39 is 0 Å². The standard InChI is InChI=1S/C12H9ClN4/c1-8-15-7-9(13)12(16-8)17-6-4-10-11(17)3-2-5-14-10/h2-7H,1H3. The number of hydrogen-bond acceptors (Lipinski definition) is 3. The van der Waals surface area contributed by atoms with Crippen molar-refractivity contribution < 1.29 is 0 Å². The smallest absolute Gasteiger partial charge is 0.159 e. The molecule has 0 spiro atoms. The fraction of sp³-hybridized carbons (Fsp3) is 0.0833. The van der Waals surface area contributed by atoms with Crippen molar-refractivity contribution in [3.8, 4) is 5.82 Å². The van der Waals surface area contributed by atoms with E-state index in [0.29, 0.717) is 16.7 Å². The number of aromatic nitrogens is 4. The first-order chi connectivity index (χ1) is 8.25. The van der Waals surface area contributed by atoms with Crippen LogP contribution in [0.3, 0.4) is 0 Å². The predicted octanol–water partition coefficient (Wildman–Crippen LogP) is 2.78. The van der Waals surface area contributed by atoms with E-state index in [2.05, 4.69) is 15.0 Å². The van der Waals surface area contributed by atoms with Crippen LogP contribution >= 0.6 is 11.6 Å². The van der Waals surface area contributed by atoms with E-state index in [1.165, 1.54) is 0 Å². The molecular formula is C12H9ClN4. The predicted molar refractivity (Wildman–Crippen MR) is 66.4 cm³/mol. The lowest BCUT2D eigenvalue weighted by atomic mass is 10.4. The van der Waals surface area contributed by atoms with Crippen LogP contribution in [0.5, 0.6) is 0 Å². The van der Waals surface area contributed by atoms with Crippen LogP contribution in [0.2, 0.25) is 5.02 Å². The Labute approximate surface area is 103 Å². The second kappa shape index (κ2) is 3.82. The van der Waals surface area contributed by atoms with Crippen LogP contribution in [-0.4, -0.2) is 19.5 Å². The van der Waals surface area contributed by atoms with Gasteiger partial charge in [-0.15, -0.1) is 0 Å². The minimum atomic E-state index is 0.525. The number of pyridine rings is 1. The molecule has 4 nitrogen and oxygen atoms in total. The normalized spacial score (nSPS) is 10.9. The van der Waals surface area contributed by atoms with Crippen LogP contribution in [-0.2, 0) is 0 Å². The Bertz CT molecular complexity index is 690.